The molecule has 0 saturated heterocycles. The minimum Gasteiger partial charge on any atom is -0.508 e. The maximum Gasteiger partial charge on any atom is 0.271 e. The summed E-state index contributed by atoms with van der Waals surface area (Å²) < 4.78 is 0. The third-order valence-electron chi connectivity index (χ3n) is 4.63. The topological polar surface area (TPSA) is 77.5 Å². The zero-order valence-corrected chi connectivity index (χ0v) is 13.7. The van der Waals surface area contributed by atoms with Gasteiger partial charge in [-0.2, -0.15) is 5.10 Å². The van der Waals surface area contributed by atoms with Gasteiger partial charge in [0.2, 0.25) is 0 Å². The molecule has 3 aromatic rings. The molecule has 1 aliphatic carbocycles. The molecule has 5 nitrogen and oxygen atoms in total. The van der Waals surface area contributed by atoms with Crippen molar-refractivity contribution in [2.24, 2.45) is 5.10 Å². The number of hydrogen-bond acceptors (Lipinski definition) is 3. The molecule has 0 atom stereocenters. The first kappa shape index (κ1) is 15.4. The SMILES string of the molecule is O=C(N/N=C\c1ccc(O)cc1)c1ccc2[nH]c3c(c2c1)CCCC3. The number of nitrogens with one attached hydrogen (secondary N) is 2. The lowest BCUT2D eigenvalue weighted by Crippen LogP contribution is -2.17. The van der Waals surface area contributed by atoms with Crippen LogP contribution in [0.1, 0.15) is 40.0 Å². The molecule has 1 heterocycles. The highest BCUT2D eigenvalue weighted by atomic mass is 16.3. The summed E-state index contributed by atoms with van der Waals surface area (Å²) in [7, 11) is 0. The summed E-state index contributed by atoms with van der Waals surface area (Å²) in [5.41, 5.74) is 7.71. The number of aryl methyl sites for hydroxylation is 2. The van der Waals surface area contributed by atoms with Gasteiger partial charge >= 0.3 is 0 Å². The number of carbonyl (C=O) groups excluding carboxylic acids is 1. The van der Waals surface area contributed by atoms with E-state index in [1.165, 1.54) is 24.1 Å². The van der Waals surface area contributed by atoms with E-state index in [2.05, 4.69) is 15.5 Å². The number of phenols is 1. The number of phenolic OH excluding ortho intramolecular Hbond substituents is 1. The summed E-state index contributed by atoms with van der Waals surface area (Å²) in [6.07, 6.45) is 6.13. The fourth-order valence-corrected chi connectivity index (χ4v) is 3.34. The average molecular weight is 333 g/mol. The van der Waals surface area contributed by atoms with Crippen LogP contribution in [0, 0.1) is 0 Å². The van der Waals surface area contributed by atoms with E-state index in [-0.39, 0.29) is 11.7 Å². The number of hydrazone groups is 1. The highest BCUT2D eigenvalue weighted by molar-refractivity contribution is 5.99. The van der Waals surface area contributed by atoms with Crippen molar-refractivity contribution < 1.29 is 9.90 Å². The fraction of sp³-hybridized carbons (Fsp3) is 0.200. The summed E-state index contributed by atoms with van der Waals surface area (Å²) in [6.45, 7) is 0. The van der Waals surface area contributed by atoms with Crippen LogP contribution in [0.15, 0.2) is 47.6 Å². The molecule has 4 rings (SSSR count). The van der Waals surface area contributed by atoms with Crippen LogP contribution in [0.3, 0.4) is 0 Å². The Bertz CT molecular complexity index is 955. The highest BCUT2D eigenvalue weighted by Crippen LogP contribution is 2.29. The Morgan fingerprint density at radius 3 is 2.76 bits per heavy atom. The van der Waals surface area contributed by atoms with Gasteiger partial charge < -0.3 is 10.1 Å². The van der Waals surface area contributed by atoms with Gasteiger partial charge in [0.1, 0.15) is 5.75 Å². The third kappa shape index (κ3) is 3.13. The second-order valence-corrected chi connectivity index (χ2v) is 6.34. The van der Waals surface area contributed by atoms with E-state index in [0.29, 0.717) is 5.56 Å². The Hall–Kier alpha value is -3.08. The Kier molecular flexibility index (Phi) is 3.98. The molecule has 0 spiro atoms. The van der Waals surface area contributed by atoms with Gasteiger partial charge in [-0.25, -0.2) is 5.43 Å². The predicted molar refractivity (Wildman–Crippen MR) is 98.1 cm³/mol. The minimum absolute atomic E-state index is 0.198. The first-order chi connectivity index (χ1) is 12.2. The van der Waals surface area contributed by atoms with Crippen molar-refractivity contribution in [2.45, 2.75) is 25.7 Å². The largest absolute Gasteiger partial charge is 0.508 e. The molecule has 3 N–H and O–H groups in total. The lowest BCUT2D eigenvalue weighted by Gasteiger charge is -2.10. The van der Waals surface area contributed by atoms with E-state index in [1.807, 2.05) is 18.2 Å². The normalized spacial score (nSPS) is 13.9. The molecular weight excluding hydrogens is 314 g/mol. The highest BCUT2D eigenvalue weighted by Gasteiger charge is 2.16. The molecule has 1 aromatic heterocycles. The van der Waals surface area contributed by atoms with Crippen molar-refractivity contribution in [3.05, 3.63) is 64.8 Å². The summed E-state index contributed by atoms with van der Waals surface area (Å²) in [5.74, 6) is -0.0352. The van der Waals surface area contributed by atoms with Crippen LogP contribution in [0.2, 0.25) is 0 Å². The molecular formula is C20H19N3O2. The number of hydrogen-bond donors (Lipinski definition) is 3. The van der Waals surface area contributed by atoms with E-state index in [1.54, 1.807) is 30.5 Å². The number of amides is 1. The van der Waals surface area contributed by atoms with Crippen LogP contribution in [-0.4, -0.2) is 22.2 Å². The molecule has 1 aliphatic rings. The zero-order valence-electron chi connectivity index (χ0n) is 13.7. The number of aromatic amines is 1. The monoisotopic (exact) mass is 333 g/mol. The smallest absolute Gasteiger partial charge is 0.271 e. The Morgan fingerprint density at radius 1 is 1.12 bits per heavy atom. The fourth-order valence-electron chi connectivity index (χ4n) is 3.34. The van der Waals surface area contributed by atoms with Crippen molar-refractivity contribution in [1.82, 2.24) is 10.4 Å². The van der Waals surface area contributed by atoms with Crippen LogP contribution in [-0.2, 0) is 12.8 Å². The quantitative estimate of drug-likeness (QED) is 0.506. The van der Waals surface area contributed by atoms with Crippen LogP contribution in [0.5, 0.6) is 5.75 Å². The van der Waals surface area contributed by atoms with E-state index in [0.717, 1.165) is 29.3 Å². The third-order valence-corrected chi connectivity index (χ3v) is 4.63. The average Bonchev–Trinajstić information content (AvgIpc) is 3.01. The molecule has 0 radical (unpaired) electrons. The number of aromatic hydroxyl groups is 1. The first-order valence-corrected chi connectivity index (χ1v) is 8.46. The van der Waals surface area contributed by atoms with Crippen LogP contribution in [0.4, 0.5) is 0 Å². The van der Waals surface area contributed by atoms with Crippen LogP contribution >= 0.6 is 0 Å². The molecule has 25 heavy (non-hydrogen) atoms. The molecule has 2 aromatic carbocycles. The lowest BCUT2D eigenvalue weighted by atomic mass is 9.95. The van der Waals surface area contributed by atoms with Crippen molar-refractivity contribution in [3.8, 4) is 5.75 Å². The molecule has 0 aliphatic heterocycles. The van der Waals surface area contributed by atoms with E-state index in [9.17, 15) is 9.90 Å². The maximum atomic E-state index is 12.3. The second kappa shape index (κ2) is 6.43. The molecule has 0 unspecified atom stereocenters. The predicted octanol–water partition coefficient (Wildman–Crippen LogP) is 3.52. The summed E-state index contributed by atoms with van der Waals surface area (Å²) in [5, 5.41) is 14.4. The number of nitrogens with zero attached hydrogens (tertiary/aromatic N) is 1. The van der Waals surface area contributed by atoms with Gasteiger partial charge in [0.15, 0.2) is 0 Å². The molecule has 1 amide bonds. The Morgan fingerprint density at radius 2 is 1.92 bits per heavy atom. The van der Waals surface area contributed by atoms with E-state index in [4.69, 9.17) is 0 Å². The van der Waals surface area contributed by atoms with Crippen molar-refractivity contribution in [2.75, 3.05) is 0 Å². The Balaban J connectivity index is 1.52. The summed E-state index contributed by atoms with van der Waals surface area (Å²) >= 11 is 0. The molecule has 126 valence electrons. The lowest BCUT2D eigenvalue weighted by molar-refractivity contribution is 0.0955. The number of H-pyrrole nitrogens is 1. The van der Waals surface area contributed by atoms with Gasteiger partial charge in [-0.3, -0.25) is 4.79 Å². The number of rotatable bonds is 3. The van der Waals surface area contributed by atoms with Crippen molar-refractivity contribution in [1.29, 1.82) is 0 Å². The zero-order chi connectivity index (χ0) is 17.2. The second-order valence-electron chi connectivity index (χ2n) is 6.34. The summed E-state index contributed by atoms with van der Waals surface area (Å²) in [6, 6.07) is 12.3. The van der Waals surface area contributed by atoms with Gasteiger partial charge in [0, 0.05) is 22.2 Å². The first-order valence-electron chi connectivity index (χ1n) is 8.46. The van der Waals surface area contributed by atoms with E-state index < -0.39 is 0 Å². The summed E-state index contributed by atoms with van der Waals surface area (Å²) in [4.78, 5) is 15.8. The van der Waals surface area contributed by atoms with Crippen molar-refractivity contribution in [3.63, 3.8) is 0 Å². The van der Waals surface area contributed by atoms with E-state index >= 15 is 0 Å². The molecule has 0 saturated carbocycles. The van der Waals surface area contributed by atoms with Gasteiger partial charge in [0.25, 0.3) is 5.91 Å². The molecule has 0 fully saturated rings. The number of aromatic nitrogens is 1. The number of benzene rings is 2. The standard InChI is InChI=1S/C20H19N3O2/c24-15-8-5-13(6-9-15)12-21-23-20(25)14-7-10-19-17(11-14)16-3-1-2-4-18(16)22-19/h5-12,22,24H,1-4H2,(H,23,25)/b21-12-. The van der Waals surface area contributed by atoms with Crippen LogP contribution in [0.25, 0.3) is 10.9 Å². The van der Waals surface area contributed by atoms with Gasteiger partial charge in [-0.1, -0.05) is 0 Å². The van der Waals surface area contributed by atoms with Gasteiger partial charge in [-0.15, -0.1) is 0 Å². The number of fused-ring (bicyclic) bond motifs is 3. The van der Waals surface area contributed by atoms with Crippen molar-refractivity contribution >= 4 is 23.0 Å². The van der Waals surface area contributed by atoms with Gasteiger partial charge in [0.05, 0.1) is 6.21 Å². The Labute approximate surface area is 145 Å². The maximum absolute atomic E-state index is 12.3. The minimum atomic E-state index is -0.234. The van der Waals surface area contributed by atoms with Crippen LogP contribution < -0.4 is 5.43 Å². The molecule has 5 heteroatoms. The van der Waals surface area contributed by atoms with Gasteiger partial charge in [-0.05, 0) is 79.3 Å². The molecule has 0 bridgehead atoms. The number of carbonyl (C=O) groups is 1.